The van der Waals surface area contributed by atoms with Crippen LogP contribution in [0.5, 0.6) is 0 Å². The quantitative estimate of drug-likeness (QED) is 0.786. The van der Waals surface area contributed by atoms with Crippen molar-refractivity contribution < 1.29 is 8.78 Å². The first-order chi connectivity index (χ1) is 6.04. The Morgan fingerprint density at radius 2 is 2.08 bits per heavy atom. The summed E-state index contributed by atoms with van der Waals surface area (Å²) in [6.07, 6.45) is 0.505. The molecular formula is C8H13F2N3. The van der Waals surface area contributed by atoms with Crippen LogP contribution in [0, 0.1) is 0 Å². The molecule has 1 aromatic rings. The largest absolute Gasteiger partial charge is 0.325 e. The Morgan fingerprint density at radius 3 is 2.54 bits per heavy atom. The molecule has 3 nitrogen and oxygen atoms in total. The molecule has 2 atom stereocenters. The van der Waals surface area contributed by atoms with Crippen LogP contribution in [0.15, 0.2) is 12.5 Å². The Balaban J connectivity index is 2.93. The number of halogens is 2. The van der Waals surface area contributed by atoms with Gasteiger partial charge in [-0.05, 0) is 13.8 Å². The maximum absolute atomic E-state index is 12.3. The molecule has 0 bridgehead atoms. The first-order valence-corrected chi connectivity index (χ1v) is 4.09. The van der Waals surface area contributed by atoms with Gasteiger partial charge in [0.1, 0.15) is 0 Å². The van der Waals surface area contributed by atoms with Crippen molar-refractivity contribution in [1.82, 2.24) is 9.55 Å². The molecule has 0 aromatic carbocycles. The second-order valence-corrected chi connectivity index (χ2v) is 3.09. The van der Waals surface area contributed by atoms with Crippen LogP contribution in [0.1, 0.15) is 31.6 Å². The second-order valence-electron chi connectivity index (χ2n) is 3.09. The molecule has 1 unspecified atom stereocenters. The highest BCUT2D eigenvalue weighted by Crippen LogP contribution is 2.20. The molecule has 0 spiro atoms. The zero-order chi connectivity index (χ0) is 10.0. The molecule has 0 aliphatic carbocycles. The second kappa shape index (κ2) is 3.83. The maximum atomic E-state index is 12.3. The Morgan fingerprint density at radius 1 is 1.46 bits per heavy atom. The van der Waals surface area contributed by atoms with Gasteiger partial charge < -0.3 is 10.3 Å². The van der Waals surface area contributed by atoms with Crippen LogP contribution in [0.4, 0.5) is 8.78 Å². The summed E-state index contributed by atoms with van der Waals surface area (Å²) in [5.41, 5.74) is 6.22. The van der Waals surface area contributed by atoms with Gasteiger partial charge in [0.25, 0.3) is 6.43 Å². The van der Waals surface area contributed by atoms with Crippen LogP contribution < -0.4 is 5.73 Å². The molecule has 1 heterocycles. The summed E-state index contributed by atoms with van der Waals surface area (Å²) in [5, 5.41) is 0. The molecule has 0 saturated carbocycles. The van der Waals surface area contributed by atoms with E-state index in [2.05, 4.69) is 4.98 Å². The predicted molar refractivity (Wildman–Crippen MR) is 45.5 cm³/mol. The highest BCUT2D eigenvalue weighted by molar-refractivity contribution is 5.04. The van der Waals surface area contributed by atoms with Crippen LogP contribution in [-0.4, -0.2) is 16.0 Å². The zero-order valence-corrected chi connectivity index (χ0v) is 7.61. The Hall–Kier alpha value is -0.970. The number of nitrogens with two attached hydrogens (primary N) is 1. The Labute approximate surface area is 75.6 Å². The van der Waals surface area contributed by atoms with E-state index in [1.54, 1.807) is 6.92 Å². The average molecular weight is 189 g/mol. The van der Waals surface area contributed by atoms with E-state index in [4.69, 9.17) is 5.73 Å². The van der Waals surface area contributed by atoms with Gasteiger partial charge in [0, 0.05) is 12.2 Å². The number of alkyl halides is 2. The lowest BCUT2D eigenvalue weighted by Crippen LogP contribution is -2.19. The average Bonchev–Trinajstić information content (AvgIpc) is 2.50. The number of hydrogen-bond acceptors (Lipinski definition) is 2. The first kappa shape index (κ1) is 10.1. The minimum atomic E-state index is -2.40. The fraction of sp³-hybridized carbons (Fsp3) is 0.625. The van der Waals surface area contributed by atoms with Crippen LogP contribution in [0.25, 0.3) is 0 Å². The highest BCUT2D eigenvalue weighted by Gasteiger charge is 2.19. The highest BCUT2D eigenvalue weighted by atomic mass is 19.3. The van der Waals surface area contributed by atoms with E-state index in [-0.39, 0.29) is 6.04 Å². The summed E-state index contributed by atoms with van der Waals surface area (Å²) < 4.78 is 26.1. The van der Waals surface area contributed by atoms with Crippen molar-refractivity contribution >= 4 is 0 Å². The molecule has 74 valence electrons. The van der Waals surface area contributed by atoms with E-state index in [1.807, 2.05) is 0 Å². The SMILES string of the molecule is CC(C(F)F)n1cncc1[C@@H](C)N. The summed E-state index contributed by atoms with van der Waals surface area (Å²) in [5.74, 6) is 0. The number of aromatic nitrogens is 2. The van der Waals surface area contributed by atoms with Crippen LogP contribution >= 0.6 is 0 Å². The van der Waals surface area contributed by atoms with Crippen molar-refractivity contribution in [3.8, 4) is 0 Å². The van der Waals surface area contributed by atoms with Gasteiger partial charge in [-0.2, -0.15) is 0 Å². The molecular weight excluding hydrogens is 176 g/mol. The van der Waals surface area contributed by atoms with Crippen molar-refractivity contribution in [3.05, 3.63) is 18.2 Å². The maximum Gasteiger partial charge on any atom is 0.258 e. The number of hydrogen-bond donors (Lipinski definition) is 1. The number of rotatable bonds is 3. The normalized spacial score (nSPS) is 16.2. The number of imidazole rings is 1. The minimum absolute atomic E-state index is 0.274. The van der Waals surface area contributed by atoms with Gasteiger partial charge in [-0.15, -0.1) is 0 Å². The fourth-order valence-electron chi connectivity index (χ4n) is 1.13. The smallest absolute Gasteiger partial charge is 0.258 e. The monoisotopic (exact) mass is 189 g/mol. The molecule has 5 heteroatoms. The predicted octanol–water partition coefficient (Wildman–Crippen LogP) is 1.73. The Bertz CT molecular complexity index is 270. The molecule has 1 rings (SSSR count). The summed E-state index contributed by atoms with van der Waals surface area (Å²) in [6.45, 7) is 3.18. The Kier molecular flexibility index (Phi) is 2.98. The zero-order valence-electron chi connectivity index (χ0n) is 7.61. The van der Waals surface area contributed by atoms with Crippen LogP contribution in [-0.2, 0) is 0 Å². The van der Waals surface area contributed by atoms with Gasteiger partial charge in [-0.1, -0.05) is 0 Å². The molecule has 1 aromatic heterocycles. The standard InChI is InChI=1S/C8H13F2N3/c1-5(11)7-3-12-4-13(7)6(2)8(9)10/h3-6,8H,11H2,1-2H3/t5-,6?/m1/s1. The van der Waals surface area contributed by atoms with Gasteiger partial charge in [0.15, 0.2) is 0 Å². The lowest BCUT2D eigenvalue weighted by molar-refractivity contribution is 0.0897. The third-order valence-corrected chi connectivity index (χ3v) is 1.97. The van der Waals surface area contributed by atoms with E-state index >= 15 is 0 Å². The summed E-state index contributed by atoms with van der Waals surface area (Å²) in [4.78, 5) is 3.80. The van der Waals surface area contributed by atoms with E-state index in [1.165, 1.54) is 24.0 Å². The molecule has 0 aliphatic heterocycles. The van der Waals surface area contributed by atoms with Crippen LogP contribution in [0.2, 0.25) is 0 Å². The van der Waals surface area contributed by atoms with E-state index in [9.17, 15) is 8.78 Å². The molecule has 0 amide bonds. The van der Waals surface area contributed by atoms with E-state index in [0.717, 1.165) is 0 Å². The van der Waals surface area contributed by atoms with Gasteiger partial charge in [-0.3, -0.25) is 0 Å². The summed E-state index contributed by atoms with van der Waals surface area (Å²) >= 11 is 0. The lowest BCUT2D eigenvalue weighted by atomic mass is 10.2. The van der Waals surface area contributed by atoms with Crippen molar-refractivity contribution in [3.63, 3.8) is 0 Å². The first-order valence-electron chi connectivity index (χ1n) is 4.09. The third kappa shape index (κ3) is 2.03. The van der Waals surface area contributed by atoms with Gasteiger partial charge in [-0.25, -0.2) is 13.8 Å². The topological polar surface area (TPSA) is 43.8 Å². The van der Waals surface area contributed by atoms with Crippen LogP contribution in [0.3, 0.4) is 0 Å². The van der Waals surface area contributed by atoms with E-state index in [0.29, 0.717) is 5.69 Å². The lowest BCUT2D eigenvalue weighted by Gasteiger charge is -2.17. The molecule has 0 aliphatic rings. The third-order valence-electron chi connectivity index (χ3n) is 1.97. The molecule has 13 heavy (non-hydrogen) atoms. The fourth-order valence-corrected chi connectivity index (χ4v) is 1.13. The van der Waals surface area contributed by atoms with Crippen molar-refractivity contribution in [2.75, 3.05) is 0 Å². The summed E-state index contributed by atoms with van der Waals surface area (Å²) in [6, 6.07) is -1.15. The molecule has 2 N–H and O–H groups in total. The van der Waals surface area contributed by atoms with Gasteiger partial charge in [0.05, 0.1) is 18.1 Å². The van der Waals surface area contributed by atoms with E-state index < -0.39 is 12.5 Å². The minimum Gasteiger partial charge on any atom is -0.325 e. The van der Waals surface area contributed by atoms with Gasteiger partial charge >= 0.3 is 0 Å². The van der Waals surface area contributed by atoms with Crippen molar-refractivity contribution in [2.45, 2.75) is 32.4 Å². The van der Waals surface area contributed by atoms with Gasteiger partial charge in [0.2, 0.25) is 0 Å². The molecule has 0 saturated heterocycles. The molecule has 0 fully saturated rings. The summed E-state index contributed by atoms with van der Waals surface area (Å²) in [7, 11) is 0. The van der Waals surface area contributed by atoms with Crippen molar-refractivity contribution in [2.24, 2.45) is 5.73 Å². The molecule has 0 radical (unpaired) electrons. The number of nitrogens with zero attached hydrogens (tertiary/aromatic N) is 2. The van der Waals surface area contributed by atoms with Crippen molar-refractivity contribution in [1.29, 1.82) is 0 Å².